The van der Waals surface area contributed by atoms with Gasteiger partial charge in [0, 0.05) is 33.1 Å². The minimum Gasteiger partial charge on any atom is -0.478 e. The van der Waals surface area contributed by atoms with Gasteiger partial charge in [-0.05, 0) is 35.9 Å². The molecule has 0 bridgehead atoms. The molecule has 35 heavy (non-hydrogen) atoms. The fourth-order valence-corrected chi connectivity index (χ4v) is 4.03. The molecule has 11 heteroatoms. The number of nitrogens with one attached hydrogen (secondary N) is 1. The van der Waals surface area contributed by atoms with Crippen molar-refractivity contribution in [2.24, 2.45) is 0 Å². The van der Waals surface area contributed by atoms with Crippen molar-refractivity contribution in [3.8, 4) is 0 Å². The fraction of sp³-hybridized carbons (Fsp3) is 0.375. The number of hydroxylamine groups is 2. The Balaban J connectivity index is 1.36. The number of cyclic esters (lactones) is 1. The summed E-state index contributed by atoms with van der Waals surface area (Å²) in [5, 5.41) is 13.4. The molecular formula is C24H27FN4O6. The van der Waals surface area contributed by atoms with Gasteiger partial charge in [-0.25, -0.2) is 14.0 Å². The highest BCUT2D eigenvalue weighted by molar-refractivity contribution is 5.90. The summed E-state index contributed by atoms with van der Waals surface area (Å²) in [5.74, 6) is -1.65. The maximum absolute atomic E-state index is 15.1. The Morgan fingerprint density at radius 1 is 1.14 bits per heavy atom. The lowest BCUT2D eigenvalue weighted by Crippen LogP contribution is -2.33. The lowest BCUT2D eigenvalue weighted by molar-refractivity contribution is -0.154. The number of carbonyl (C=O) groups is 3. The van der Waals surface area contributed by atoms with E-state index in [1.807, 2.05) is 4.90 Å². The predicted molar refractivity (Wildman–Crippen MR) is 125 cm³/mol. The van der Waals surface area contributed by atoms with E-state index in [0.29, 0.717) is 44.2 Å². The molecule has 0 spiro atoms. The van der Waals surface area contributed by atoms with Crippen LogP contribution in [0.2, 0.25) is 0 Å². The first-order valence-corrected chi connectivity index (χ1v) is 11.3. The van der Waals surface area contributed by atoms with Crippen LogP contribution in [0.3, 0.4) is 0 Å². The van der Waals surface area contributed by atoms with E-state index in [1.165, 1.54) is 17.9 Å². The zero-order valence-corrected chi connectivity index (χ0v) is 19.3. The van der Waals surface area contributed by atoms with E-state index in [0.717, 1.165) is 5.56 Å². The summed E-state index contributed by atoms with van der Waals surface area (Å²) in [5.41, 5.74) is 1.93. The summed E-state index contributed by atoms with van der Waals surface area (Å²) in [6.45, 7) is 4.16. The second-order valence-corrected chi connectivity index (χ2v) is 8.38. The van der Waals surface area contributed by atoms with Crippen LogP contribution in [0.15, 0.2) is 42.5 Å². The van der Waals surface area contributed by atoms with Crippen LogP contribution in [-0.4, -0.2) is 73.6 Å². The van der Waals surface area contributed by atoms with Gasteiger partial charge in [0.25, 0.3) is 0 Å². The summed E-state index contributed by atoms with van der Waals surface area (Å²) < 4.78 is 20.3. The van der Waals surface area contributed by atoms with Gasteiger partial charge in [0.15, 0.2) is 0 Å². The molecule has 4 rings (SSSR count). The van der Waals surface area contributed by atoms with Crippen LogP contribution in [0.25, 0.3) is 0 Å². The maximum atomic E-state index is 15.1. The first kappa shape index (κ1) is 24.4. The number of hydrogen-bond donors (Lipinski definition) is 2. The quantitative estimate of drug-likeness (QED) is 0.613. The number of aromatic carboxylic acids is 1. The van der Waals surface area contributed by atoms with Crippen LogP contribution in [0.4, 0.5) is 20.6 Å². The van der Waals surface area contributed by atoms with E-state index in [9.17, 15) is 14.4 Å². The highest BCUT2D eigenvalue weighted by Gasteiger charge is 2.33. The minimum atomic E-state index is -0.974. The first-order valence-electron chi connectivity index (χ1n) is 11.3. The van der Waals surface area contributed by atoms with Crippen LogP contribution in [0, 0.1) is 5.82 Å². The number of nitrogens with zero attached hydrogens (tertiary/aromatic N) is 3. The molecule has 0 saturated carbocycles. The van der Waals surface area contributed by atoms with Crippen LogP contribution < -0.4 is 15.1 Å². The van der Waals surface area contributed by atoms with Crippen LogP contribution >= 0.6 is 0 Å². The van der Waals surface area contributed by atoms with E-state index >= 15 is 4.39 Å². The highest BCUT2D eigenvalue weighted by Crippen LogP contribution is 2.28. The van der Waals surface area contributed by atoms with Gasteiger partial charge >= 0.3 is 12.1 Å². The van der Waals surface area contributed by atoms with Crippen molar-refractivity contribution in [1.82, 2.24) is 10.4 Å². The van der Waals surface area contributed by atoms with Crippen molar-refractivity contribution in [3.63, 3.8) is 0 Å². The number of benzene rings is 2. The summed E-state index contributed by atoms with van der Waals surface area (Å²) in [6.07, 6.45) is -1.08. The molecule has 2 heterocycles. The third-order valence-corrected chi connectivity index (χ3v) is 5.85. The van der Waals surface area contributed by atoms with Gasteiger partial charge in [0.2, 0.25) is 5.91 Å². The maximum Gasteiger partial charge on any atom is 0.414 e. The van der Waals surface area contributed by atoms with Crippen molar-refractivity contribution >= 4 is 29.3 Å². The molecule has 1 atom stereocenters. The van der Waals surface area contributed by atoms with Gasteiger partial charge in [0.05, 0.1) is 36.6 Å². The van der Waals surface area contributed by atoms with E-state index in [-0.39, 0.29) is 24.6 Å². The van der Waals surface area contributed by atoms with E-state index < -0.39 is 24.0 Å². The van der Waals surface area contributed by atoms with E-state index in [4.69, 9.17) is 14.7 Å². The summed E-state index contributed by atoms with van der Waals surface area (Å²) in [7, 11) is 0. The van der Waals surface area contributed by atoms with Gasteiger partial charge in [-0.15, -0.1) is 0 Å². The van der Waals surface area contributed by atoms with Crippen molar-refractivity contribution in [2.45, 2.75) is 19.6 Å². The Morgan fingerprint density at radius 2 is 1.91 bits per heavy atom. The molecule has 0 radical (unpaired) electrons. The predicted octanol–water partition coefficient (Wildman–Crippen LogP) is 2.24. The lowest BCUT2D eigenvalue weighted by atomic mass is 10.1. The van der Waals surface area contributed by atoms with E-state index in [1.54, 1.807) is 41.5 Å². The molecule has 0 unspecified atom stereocenters. The number of hydrogen-bond acceptors (Lipinski definition) is 7. The number of carboxylic acid groups (broad SMARTS) is 1. The largest absolute Gasteiger partial charge is 0.478 e. The van der Waals surface area contributed by atoms with Gasteiger partial charge in [-0.2, -0.15) is 5.06 Å². The molecule has 2 N–H and O–H groups in total. The van der Waals surface area contributed by atoms with Gasteiger partial charge < -0.3 is 20.1 Å². The molecule has 186 valence electrons. The molecule has 2 aliphatic rings. The average Bonchev–Trinajstić information content (AvgIpc) is 3.04. The van der Waals surface area contributed by atoms with Crippen molar-refractivity contribution in [2.75, 3.05) is 49.1 Å². The molecule has 2 amide bonds. The number of rotatable bonds is 7. The molecule has 2 aliphatic heterocycles. The molecule has 2 aromatic rings. The zero-order valence-electron chi connectivity index (χ0n) is 19.3. The summed E-state index contributed by atoms with van der Waals surface area (Å²) in [6, 6.07) is 11.2. The van der Waals surface area contributed by atoms with E-state index in [2.05, 4.69) is 5.32 Å². The molecule has 0 aliphatic carbocycles. The minimum absolute atomic E-state index is 0.201. The van der Waals surface area contributed by atoms with Crippen LogP contribution in [0.1, 0.15) is 22.8 Å². The highest BCUT2D eigenvalue weighted by atomic mass is 19.1. The molecular weight excluding hydrogens is 459 g/mol. The first-order chi connectivity index (χ1) is 16.8. The van der Waals surface area contributed by atoms with Crippen molar-refractivity contribution in [1.29, 1.82) is 0 Å². The third-order valence-electron chi connectivity index (χ3n) is 5.85. The Labute approximate surface area is 201 Å². The molecule has 2 aromatic carbocycles. The Hall–Kier alpha value is -3.70. The smallest absolute Gasteiger partial charge is 0.414 e. The second kappa shape index (κ2) is 10.7. The third kappa shape index (κ3) is 6.06. The van der Waals surface area contributed by atoms with Crippen LogP contribution in [-0.2, 0) is 20.9 Å². The monoisotopic (exact) mass is 486 g/mol. The van der Waals surface area contributed by atoms with Gasteiger partial charge in [0.1, 0.15) is 11.9 Å². The summed E-state index contributed by atoms with van der Waals surface area (Å²) in [4.78, 5) is 43.3. The number of carboxylic acids is 1. The molecule has 2 saturated heterocycles. The van der Waals surface area contributed by atoms with Crippen molar-refractivity contribution in [3.05, 3.63) is 59.4 Å². The Kier molecular flexibility index (Phi) is 7.47. The summed E-state index contributed by atoms with van der Waals surface area (Å²) >= 11 is 0. The number of halogens is 1. The molecule has 10 nitrogen and oxygen atoms in total. The fourth-order valence-electron chi connectivity index (χ4n) is 4.03. The van der Waals surface area contributed by atoms with Gasteiger partial charge in [-0.3, -0.25) is 14.5 Å². The molecule has 2 fully saturated rings. The Morgan fingerprint density at radius 3 is 2.60 bits per heavy atom. The van der Waals surface area contributed by atoms with Crippen LogP contribution in [0.5, 0.6) is 0 Å². The second-order valence-electron chi connectivity index (χ2n) is 8.38. The number of carbonyl (C=O) groups excluding carboxylic acids is 2. The number of anilines is 2. The topological polar surface area (TPSA) is 112 Å². The van der Waals surface area contributed by atoms with Gasteiger partial charge in [-0.1, -0.05) is 12.1 Å². The number of ether oxygens (including phenoxy) is 1. The standard InChI is InChI=1S/C24H27FN4O6/c1-16(30)26-13-20-15-29(24(33)35-20)19-6-7-22(21(25)12-19)27-8-9-28(34-11-10-27)14-17-2-4-18(5-3-17)23(31)32/h2-7,12,20H,8-11,13-15H2,1H3,(H,26,30)(H,31,32)/t20-/m0/s1. The zero-order chi connectivity index (χ0) is 24.9. The normalized spacial score (nSPS) is 18.8. The average molecular weight is 487 g/mol. The number of amides is 2. The lowest BCUT2D eigenvalue weighted by Gasteiger charge is -2.24. The van der Waals surface area contributed by atoms with Crippen molar-refractivity contribution < 1.29 is 33.5 Å². The SMILES string of the molecule is CC(=O)NC[C@H]1CN(c2ccc(N3CCON(Cc4ccc(C(=O)O)cc4)CC3)c(F)c2)C(=O)O1. The Bertz CT molecular complexity index is 1100. The molecule has 0 aromatic heterocycles.